The van der Waals surface area contributed by atoms with E-state index < -0.39 is 45.1 Å². The van der Waals surface area contributed by atoms with Crippen molar-refractivity contribution in [1.82, 2.24) is 0 Å². The molecule has 0 bridgehead atoms. The molecular weight excluding hydrogens is 633 g/mol. The van der Waals surface area contributed by atoms with E-state index in [0.29, 0.717) is 13.0 Å². The number of carboxylic acids is 1. The van der Waals surface area contributed by atoms with Gasteiger partial charge in [0.15, 0.2) is 0 Å². The Hall–Kier alpha value is -2.07. The lowest BCUT2D eigenvalue weighted by molar-refractivity contribution is -0.154. The van der Waals surface area contributed by atoms with Gasteiger partial charge in [-0.25, -0.2) is 4.57 Å². The highest BCUT2D eigenvalue weighted by atomic mass is 31.2. The van der Waals surface area contributed by atoms with Crippen molar-refractivity contribution in [3.05, 3.63) is 48.6 Å². The summed E-state index contributed by atoms with van der Waals surface area (Å²) >= 11 is 0. The minimum absolute atomic E-state index is 0.0208. The highest BCUT2D eigenvalue weighted by Gasteiger charge is 2.27. The SMILES string of the molecule is CC/C=C\C/C=C\C/C=C\C/C=C\CCCOCC(COP(=O)(O)OCC(N)C(=O)O)OC(=O)CCCCCCCCCCCCCC. The zero-order chi connectivity index (χ0) is 35.6. The van der Waals surface area contributed by atoms with Gasteiger partial charge in [-0.05, 0) is 44.9 Å². The third-order valence-corrected chi connectivity index (χ3v) is 8.32. The molecule has 278 valence electrons. The Morgan fingerprint density at radius 2 is 1.19 bits per heavy atom. The Bertz CT molecular complexity index is 951. The van der Waals surface area contributed by atoms with Crippen LogP contribution in [0.2, 0.25) is 0 Å². The molecule has 10 nitrogen and oxygen atoms in total. The molecule has 4 N–H and O–H groups in total. The first-order valence-electron chi connectivity index (χ1n) is 18.2. The number of allylic oxidation sites excluding steroid dienone is 8. The van der Waals surface area contributed by atoms with Crippen LogP contribution in [0.4, 0.5) is 0 Å². The van der Waals surface area contributed by atoms with E-state index in [2.05, 4.69) is 67.0 Å². The molecule has 0 spiro atoms. The van der Waals surface area contributed by atoms with Gasteiger partial charge in [-0.2, -0.15) is 0 Å². The van der Waals surface area contributed by atoms with E-state index in [4.69, 9.17) is 24.8 Å². The Kier molecular flexibility index (Phi) is 32.0. The van der Waals surface area contributed by atoms with Crippen molar-refractivity contribution in [2.24, 2.45) is 5.73 Å². The molecule has 0 aromatic rings. The van der Waals surface area contributed by atoms with Gasteiger partial charge >= 0.3 is 19.8 Å². The topological polar surface area (TPSA) is 155 Å². The molecule has 0 saturated carbocycles. The van der Waals surface area contributed by atoms with Crippen LogP contribution in [-0.4, -0.2) is 60.5 Å². The summed E-state index contributed by atoms with van der Waals surface area (Å²) in [5, 5.41) is 8.85. The van der Waals surface area contributed by atoms with Gasteiger partial charge in [0.1, 0.15) is 12.1 Å². The Labute approximate surface area is 290 Å². The van der Waals surface area contributed by atoms with Gasteiger partial charge in [0.2, 0.25) is 0 Å². The third-order valence-electron chi connectivity index (χ3n) is 7.37. The van der Waals surface area contributed by atoms with Crippen LogP contribution < -0.4 is 5.73 Å². The normalized spacial score (nSPS) is 14.8. The Morgan fingerprint density at radius 3 is 1.73 bits per heavy atom. The number of carboxylic acid groups (broad SMARTS) is 1. The quantitative estimate of drug-likeness (QED) is 0.0256. The highest BCUT2D eigenvalue weighted by Crippen LogP contribution is 2.43. The third kappa shape index (κ3) is 32.5. The largest absolute Gasteiger partial charge is 0.480 e. The molecule has 0 fully saturated rings. The molecule has 0 aromatic carbocycles. The molecule has 0 amide bonds. The predicted octanol–water partition coefficient (Wildman–Crippen LogP) is 9.14. The number of esters is 1. The first-order valence-corrected chi connectivity index (χ1v) is 19.7. The lowest BCUT2D eigenvalue weighted by Gasteiger charge is -2.20. The summed E-state index contributed by atoms with van der Waals surface area (Å²) in [7, 11) is -4.62. The molecule has 48 heavy (non-hydrogen) atoms. The van der Waals surface area contributed by atoms with Gasteiger partial charge in [-0.15, -0.1) is 0 Å². The van der Waals surface area contributed by atoms with E-state index in [1.807, 2.05) is 0 Å². The fraction of sp³-hybridized carbons (Fsp3) is 0.730. The molecule has 3 unspecified atom stereocenters. The average Bonchev–Trinajstić information content (AvgIpc) is 3.06. The number of phosphoric acid groups is 1. The number of nitrogens with two attached hydrogens (primary N) is 1. The van der Waals surface area contributed by atoms with Gasteiger partial charge in [0.05, 0.1) is 19.8 Å². The predicted molar refractivity (Wildman–Crippen MR) is 194 cm³/mol. The number of hydrogen-bond donors (Lipinski definition) is 3. The Balaban J connectivity index is 4.43. The van der Waals surface area contributed by atoms with Crippen LogP contribution >= 0.6 is 7.82 Å². The summed E-state index contributed by atoms with van der Waals surface area (Å²) in [6.07, 6.45) is 36.1. The Morgan fingerprint density at radius 1 is 0.688 bits per heavy atom. The van der Waals surface area contributed by atoms with Crippen LogP contribution in [0, 0.1) is 0 Å². The molecule has 11 heteroatoms. The fourth-order valence-corrected chi connectivity index (χ4v) is 5.33. The maximum absolute atomic E-state index is 12.5. The zero-order valence-electron chi connectivity index (χ0n) is 29.8. The maximum atomic E-state index is 12.5. The number of rotatable bonds is 34. The van der Waals surface area contributed by atoms with Crippen LogP contribution in [-0.2, 0) is 32.7 Å². The fourth-order valence-electron chi connectivity index (χ4n) is 4.55. The zero-order valence-corrected chi connectivity index (χ0v) is 30.7. The van der Waals surface area contributed by atoms with Crippen molar-refractivity contribution in [2.75, 3.05) is 26.4 Å². The summed E-state index contributed by atoms with van der Waals surface area (Å²) in [5.74, 6) is -1.81. The summed E-state index contributed by atoms with van der Waals surface area (Å²) in [6, 6.07) is -1.48. The number of carbonyl (C=O) groups excluding carboxylic acids is 1. The van der Waals surface area contributed by atoms with Crippen LogP contribution in [0.5, 0.6) is 0 Å². The van der Waals surface area contributed by atoms with Crippen molar-refractivity contribution >= 4 is 19.8 Å². The molecule has 3 atom stereocenters. The highest BCUT2D eigenvalue weighted by molar-refractivity contribution is 7.47. The van der Waals surface area contributed by atoms with E-state index in [-0.39, 0.29) is 13.0 Å². The molecular formula is C37H66NO9P. The van der Waals surface area contributed by atoms with Crippen molar-refractivity contribution in [1.29, 1.82) is 0 Å². The van der Waals surface area contributed by atoms with Crippen LogP contribution in [0.1, 0.15) is 136 Å². The molecule has 0 rings (SSSR count). The van der Waals surface area contributed by atoms with E-state index >= 15 is 0 Å². The minimum atomic E-state index is -4.62. The first kappa shape index (κ1) is 45.9. The number of hydrogen-bond acceptors (Lipinski definition) is 8. The van der Waals surface area contributed by atoms with Gasteiger partial charge in [-0.1, -0.05) is 133 Å². The summed E-state index contributed by atoms with van der Waals surface area (Å²) < 4.78 is 33.1. The maximum Gasteiger partial charge on any atom is 0.472 e. The van der Waals surface area contributed by atoms with Crippen molar-refractivity contribution in [2.45, 2.75) is 148 Å². The van der Waals surface area contributed by atoms with Gasteiger partial charge in [-0.3, -0.25) is 18.6 Å². The average molecular weight is 700 g/mol. The molecule has 0 radical (unpaired) electrons. The molecule has 0 aliphatic rings. The van der Waals surface area contributed by atoms with E-state index in [1.54, 1.807) is 0 Å². The standard InChI is InChI=1S/C37H66NO9P/c1-3-5-7-9-11-13-15-17-18-20-22-24-26-28-30-44-31-34(32-45-48(42,43)46-33-35(38)37(40)41)47-36(39)29-27-25-23-21-19-16-14-12-10-8-6-4-2/h5,7,11,13,17-18,22,24,34-35H,3-4,6,8-10,12,14-16,19-21,23,25-33,38H2,1-2H3,(H,40,41)(H,42,43)/b7-5-,13-11-,18-17-,24-22-. The van der Waals surface area contributed by atoms with Crippen LogP contribution in [0.3, 0.4) is 0 Å². The monoisotopic (exact) mass is 699 g/mol. The second-order valence-corrected chi connectivity index (χ2v) is 13.4. The lowest BCUT2D eigenvalue weighted by atomic mass is 10.0. The number of phosphoric ester groups is 1. The molecule has 0 aromatic heterocycles. The van der Waals surface area contributed by atoms with Crippen molar-refractivity contribution < 1.29 is 42.7 Å². The number of carbonyl (C=O) groups is 2. The van der Waals surface area contributed by atoms with Crippen molar-refractivity contribution in [3.8, 4) is 0 Å². The van der Waals surface area contributed by atoms with E-state index in [0.717, 1.165) is 57.8 Å². The first-order chi connectivity index (χ1) is 23.2. The molecule has 0 heterocycles. The molecule has 0 aliphatic heterocycles. The summed E-state index contributed by atoms with van der Waals surface area (Å²) in [4.78, 5) is 33.3. The molecule has 0 saturated heterocycles. The smallest absolute Gasteiger partial charge is 0.472 e. The number of ether oxygens (including phenoxy) is 2. The molecule has 0 aliphatic carbocycles. The van der Waals surface area contributed by atoms with Gasteiger partial charge in [0, 0.05) is 13.0 Å². The summed E-state index contributed by atoms with van der Waals surface area (Å²) in [5.41, 5.74) is 5.32. The van der Waals surface area contributed by atoms with Crippen LogP contribution in [0.15, 0.2) is 48.6 Å². The number of aliphatic carboxylic acids is 1. The minimum Gasteiger partial charge on any atom is -0.480 e. The number of unbranched alkanes of at least 4 members (excludes halogenated alkanes) is 12. The van der Waals surface area contributed by atoms with Crippen LogP contribution in [0.25, 0.3) is 0 Å². The second kappa shape index (κ2) is 33.4. The van der Waals surface area contributed by atoms with Gasteiger partial charge in [0.25, 0.3) is 0 Å². The lowest BCUT2D eigenvalue weighted by Crippen LogP contribution is -2.34. The second-order valence-electron chi connectivity index (χ2n) is 12.0. The van der Waals surface area contributed by atoms with Gasteiger partial charge < -0.3 is 25.2 Å². The van der Waals surface area contributed by atoms with E-state index in [1.165, 1.54) is 51.4 Å². The summed E-state index contributed by atoms with van der Waals surface area (Å²) in [6.45, 7) is 3.59. The van der Waals surface area contributed by atoms with E-state index in [9.17, 15) is 19.0 Å². The van der Waals surface area contributed by atoms with Crippen molar-refractivity contribution in [3.63, 3.8) is 0 Å².